The molecule has 2 N–H and O–H groups in total. The molecule has 2 fully saturated rings. The average molecular weight is 1070 g/mol. The Hall–Kier alpha value is -7.65. The van der Waals surface area contributed by atoms with E-state index in [1.54, 1.807) is 35.2 Å². The summed E-state index contributed by atoms with van der Waals surface area (Å²) in [5, 5.41) is 14.6. The minimum absolute atomic E-state index is 0.0909. The van der Waals surface area contributed by atoms with Crippen molar-refractivity contribution < 1.29 is 43.3 Å². The fraction of sp³-hybridized carbons (Fsp3) is 0.304. The summed E-state index contributed by atoms with van der Waals surface area (Å²) >= 11 is 17.4. The van der Waals surface area contributed by atoms with Gasteiger partial charge in [-0.3, -0.25) is 34.2 Å². The molecule has 3 atom stereocenters. The number of rotatable bonds is 5. The Kier molecular flexibility index (Phi) is 17.0. The topological polar surface area (TPSA) is 281 Å². The van der Waals surface area contributed by atoms with Crippen molar-refractivity contribution in [3.8, 4) is 0 Å². The van der Waals surface area contributed by atoms with Crippen LogP contribution in [-0.2, 0) is 14.2 Å². The highest BCUT2D eigenvalue weighted by atomic mass is 35.5. The number of anilines is 3. The van der Waals surface area contributed by atoms with Crippen LogP contribution >= 0.6 is 34.8 Å². The van der Waals surface area contributed by atoms with Crippen LogP contribution in [0, 0.1) is 0 Å². The molecule has 0 spiro atoms. The maximum absolute atomic E-state index is 12.8. The van der Waals surface area contributed by atoms with Crippen LogP contribution in [0.15, 0.2) is 92.2 Å². The molecule has 74 heavy (non-hydrogen) atoms. The lowest BCUT2D eigenvalue weighted by atomic mass is 10.3. The number of amides is 4. The summed E-state index contributed by atoms with van der Waals surface area (Å²) < 4.78 is 15.3. The van der Waals surface area contributed by atoms with Gasteiger partial charge in [-0.25, -0.2) is 49.3 Å². The second kappa shape index (κ2) is 23.9. The second-order valence-electron chi connectivity index (χ2n) is 16.3. The summed E-state index contributed by atoms with van der Waals surface area (Å²) in [4.78, 5) is 108. The van der Waals surface area contributed by atoms with Crippen molar-refractivity contribution in [3.63, 3.8) is 0 Å². The van der Waals surface area contributed by atoms with Crippen molar-refractivity contribution in [1.82, 2.24) is 64.9 Å². The summed E-state index contributed by atoms with van der Waals surface area (Å²) in [6.07, 6.45) is 7.95. The predicted molar refractivity (Wildman–Crippen MR) is 264 cm³/mol. The van der Waals surface area contributed by atoms with Gasteiger partial charge in [0, 0.05) is 108 Å². The molecule has 28 heteroatoms. The molecule has 0 saturated carbocycles. The lowest BCUT2D eigenvalue weighted by Gasteiger charge is -2.33. The van der Waals surface area contributed by atoms with Gasteiger partial charge in [0.25, 0.3) is 17.7 Å². The first-order valence-electron chi connectivity index (χ1n) is 22.5. The van der Waals surface area contributed by atoms with E-state index in [2.05, 4.69) is 71.8 Å². The van der Waals surface area contributed by atoms with Gasteiger partial charge in [0.2, 0.25) is 12.5 Å². The lowest BCUT2D eigenvalue weighted by Crippen LogP contribution is -2.48. The van der Waals surface area contributed by atoms with Crippen molar-refractivity contribution in [3.05, 3.63) is 141 Å². The first kappa shape index (κ1) is 52.7. The molecule has 384 valence electrons. The fourth-order valence-corrected chi connectivity index (χ4v) is 7.96. The number of carbonyl (C=O) groups is 5. The number of nitrogens with one attached hydrogen (secondary N) is 1. The van der Waals surface area contributed by atoms with Crippen LogP contribution in [0.3, 0.4) is 0 Å². The van der Waals surface area contributed by atoms with E-state index >= 15 is 0 Å². The van der Waals surface area contributed by atoms with E-state index in [0.29, 0.717) is 45.5 Å². The zero-order valence-corrected chi connectivity index (χ0v) is 41.9. The van der Waals surface area contributed by atoms with Crippen LogP contribution in [0.1, 0.15) is 67.2 Å². The highest BCUT2D eigenvalue weighted by Gasteiger charge is 2.46. The highest BCUT2D eigenvalue weighted by Crippen LogP contribution is 2.38. The number of aliphatic hydroxyl groups is 1. The monoisotopic (exact) mass is 1070 g/mol. The Morgan fingerprint density at radius 3 is 1.34 bits per heavy atom. The standard InChI is InChI=1S/C17H17ClN6O3.C13H9ClN4O4.C11H7ClN4O2.C5H12N2/c1-22-6-8-23(9-7-22)17(26)27-16-14-13(19-4-5-20-14)15(25)24(16)12-3-2-11(18)10-21-12;1-21-13(20)22-12-10-9(15-4-5-16-10)11(19)18(12)8-3-2-7(14)6-17-8;12-6-1-2-7(15-5-6)16-10(17)8-9(11(16)18)14-4-3-13-8;1-7-4-2-6-3-5-7/h2-5,10,16H,6-9H2,1H3;2-6,12H,1H3;1-5,10,17H;6H,2-5H2,1H3/t16-;12-;;/m00../s1. The van der Waals surface area contributed by atoms with Crippen LogP contribution in [-0.4, -0.2) is 168 Å². The number of piperazine rings is 2. The summed E-state index contributed by atoms with van der Waals surface area (Å²) in [7, 11) is 5.32. The SMILES string of the molecule is CN1CCN(C(=O)O[C@H]2c3nccnc3C(=O)N2c2ccc(Cl)cn2)CC1.CN1CCNCC1.COC(=O)O[C@H]1c2nccnc2C(=O)N1c1ccc(Cl)cn1.O=C1c2nccnc2C(O)N1c1ccc(Cl)cn1. The number of aromatic nitrogens is 9. The smallest absolute Gasteiger partial charge is 0.438 e. The van der Waals surface area contributed by atoms with Gasteiger partial charge in [-0.15, -0.1) is 0 Å². The van der Waals surface area contributed by atoms with Crippen molar-refractivity contribution >= 4 is 82.2 Å². The van der Waals surface area contributed by atoms with Crippen molar-refractivity contribution in [2.45, 2.75) is 18.7 Å². The number of methoxy groups -OCH3 is 1. The first-order chi connectivity index (χ1) is 35.7. The molecule has 4 amide bonds. The summed E-state index contributed by atoms with van der Waals surface area (Å²) in [6.45, 7) is 7.38. The molecule has 11 heterocycles. The van der Waals surface area contributed by atoms with Gasteiger partial charge in [-0.2, -0.15) is 0 Å². The predicted octanol–water partition coefficient (Wildman–Crippen LogP) is 4.23. The van der Waals surface area contributed by atoms with E-state index < -0.39 is 48.7 Å². The van der Waals surface area contributed by atoms with Crippen LogP contribution in [0.25, 0.3) is 0 Å². The first-order valence-corrected chi connectivity index (χ1v) is 23.6. The molecule has 1 unspecified atom stereocenters. The number of ether oxygens (including phenoxy) is 3. The Balaban J connectivity index is 0.000000141. The zero-order chi connectivity index (χ0) is 52.5. The maximum atomic E-state index is 12.8. The Morgan fingerprint density at radius 1 is 0.541 bits per heavy atom. The maximum Gasteiger partial charge on any atom is 0.510 e. The fourth-order valence-electron chi connectivity index (χ4n) is 7.63. The Labute approximate surface area is 437 Å². The molecule has 2 saturated heterocycles. The minimum atomic E-state index is -1.17. The van der Waals surface area contributed by atoms with Gasteiger partial charge in [0.1, 0.15) is 34.5 Å². The normalized spacial score (nSPS) is 18.9. The quantitative estimate of drug-likeness (QED) is 0.228. The molecule has 5 aliphatic heterocycles. The van der Waals surface area contributed by atoms with Gasteiger partial charge in [0.15, 0.2) is 23.3 Å². The molecular weight excluding hydrogens is 1030 g/mol. The van der Waals surface area contributed by atoms with E-state index in [1.165, 1.54) is 86.9 Å². The molecule has 25 nitrogen and oxygen atoms in total. The van der Waals surface area contributed by atoms with E-state index in [0.717, 1.165) is 36.0 Å². The summed E-state index contributed by atoms with van der Waals surface area (Å²) in [5.74, 6) is -0.475. The third kappa shape index (κ3) is 11.9. The van der Waals surface area contributed by atoms with E-state index in [4.69, 9.17) is 44.3 Å². The largest absolute Gasteiger partial charge is 0.510 e. The van der Waals surface area contributed by atoms with Crippen molar-refractivity contribution in [2.75, 3.05) is 88.3 Å². The molecule has 6 aromatic rings. The molecule has 6 aromatic heterocycles. The van der Waals surface area contributed by atoms with Gasteiger partial charge < -0.3 is 39.3 Å². The average Bonchev–Trinajstić information content (AvgIpc) is 3.97. The second-order valence-corrected chi connectivity index (χ2v) is 17.6. The van der Waals surface area contributed by atoms with E-state index in [1.807, 2.05) is 7.05 Å². The number of hydrogen-bond acceptors (Lipinski definition) is 21. The van der Waals surface area contributed by atoms with Gasteiger partial charge in [-0.05, 0) is 50.5 Å². The molecule has 0 aliphatic carbocycles. The van der Waals surface area contributed by atoms with Crippen molar-refractivity contribution in [2.24, 2.45) is 0 Å². The van der Waals surface area contributed by atoms with Gasteiger partial charge in [-0.1, -0.05) is 34.8 Å². The highest BCUT2D eigenvalue weighted by molar-refractivity contribution is 6.31. The third-order valence-electron chi connectivity index (χ3n) is 11.4. The number of aliphatic hydroxyl groups excluding tert-OH is 1. The van der Waals surface area contributed by atoms with E-state index in [9.17, 15) is 29.1 Å². The van der Waals surface area contributed by atoms with Crippen LogP contribution in [0.4, 0.5) is 27.0 Å². The number of nitrogens with zero attached hydrogens (tertiary/aromatic N) is 15. The Bertz CT molecular complexity index is 2970. The molecule has 11 rings (SSSR count). The van der Waals surface area contributed by atoms with E-state index in [-0.39, 0.29) is 34.3 Å². The van der Waals surface area contributed by atoms with Crippen LogP contribution in [0.2, 0.25) is 15.1 Å². The Morgan fingerprint density at radius 2 is 0.932 bits per heavy atom. The van der Waals surface area contributed by atoms with Crippen LogP contribution in [0.5, 0.6) is 0 Å². The molecule has 0 bridgehead atoms. The third-order valence-corrected chi connectivity index (χ3v) is 12.1. The van der Waals surface area contributed by atoms with Crippen molar-refractivity contribution in [1.29, 1.82) is 0 Å². The lowest BCUT2D eigenvalue weighted by molar-refractivity contribution is 0.0359. The number of likely N-dealkylation sites (N-methyl/N-ethyl adjacent to an activating group) is 2. The number of carbonyl (C=O) groups excluding carboxylic acids is 5. The number of hydrogen-bond donors (Lipinski definition) is 2. The molecule has 0 radical (unpaired) electrons. The van der Waals surface area contributed by atoms with Gasteiger partial charge in [0.05, 0.1) is 22.2 Å². The molecular formula is C46H45Cl3N16O9. The number of fused-ring (bicyclic) bond motifs is 3. The number of pyridine rings is 3. The summed E-state index contributed by atoms with van der Waals surface area (Å²) in [5.41, 5.74) is 1.12. The molecule has 5 aliphatic rings. The zero-order valence-electron chi connectivity index (χ0n) is 39.6. The number of halogens is 3. The van der Waals surface area contributed by atoms with Crippen LogP contribution < -0.4 is 20.0 Å². The minimum Gasteiger partial charge on any atom is -0.438 e. The summed E-state index contributed by atoms with van der Waals surface area (Å²) in [6, 6.07) is 9.43. The van der Waals surface area contributed by atoms with Gasteiger partial charge >= 0.3 is 12.2 Å². The molecule has 0 aromatic carbocycles.